The minimum absolute atomic E-state index is 0.140. The van der Waals surface area contributed by atoms with Crippen LogP contribution in [-0.4, -0.2) is 28.2 Å². The Labute approximate surface area is 102 Å². The summed E-state index contributed by atoms with van der Waals surface area (Å²) in [6.45, 7) is 0. The summed E-state index contributed by atoms with van der Waals surface area (Å²) in [6, 6.07) is 6.65. The van der Waals surface area contributed by atoms with Crippen LogP contribution >= 0.6 is 0 Å². The largest absolute Gasteiger partial charge is 0.481 e. The molecule has 0 spiro atoms. The van der Waals surface area contributed by atoms with Crippen LogP contribution < -0.4 is 4.74 Å². The topological polar surface area (TPSA) is 72.3 Å². The molecule has 0 aliphatic carbocycles. The first-order chi connectivity index (χ1) is 8.60. The number of aromatic carboxylic acids is 1. The maximum absolute atomic E-state index is 12.8. The summed E-state index contributed by atoms with van der Waals surface area (Å²) >= 11 is 0. The van der Waals surface area contributed by atoms with Gasteiger partial charge in [0.2, 0.25) is 5.88 Å². The summed E-state index contributed by atoms with van der Waals surface area (Å²) in [5, 5.41) is 8.91. The number of halogens is 1. The number of aromatic nitrogens is 2. The van der Waals surface area contributed by atoms with E-state index < -0.39 is 5.97 Å². The SMILES string of the molecule is COc1cc(C(=O)O)nc(-c2ccc(F)cc2)n1. The number of rotatable bonds is 3. The van der Waals surface area contributed by atoms with Crippen molar-refractivity contribution in [3.63, 3.8) is 0 Å². The Balaban J connectivity index is 2.52. The molecule has 0 radical (unpaired) electrons. The van der Waals surface area contributed by atoms with Gasteiger partial charge in [0, 0.05) is 11.6 Å². The predicted octanol–water partition coefficient (Wildman–Crippen LogP) is 1.99. The minimum Gasteiger partial charge on any atom is -0.481 e. The summed E-state index contributed by atoms with van der Waals surface area (Å²) in [6.07, 6.45) is 0. The van der Waals surface area contributed by atoms with E-state index in [1.807, 2.05) is 0 Å². The number of methoxy groups -OCH3 is 1. The van der Waals surface area contributed by atoms with Crippen LogP contribution in [0, 0.1) is 5.82 Å². The molecule has 6 heteroatoms. The molecule has 2 aromatic rings. The fraction of sp³-hybridized carbons (Fsp3) is 0.0833. The first kappa shape index (κ1) is 12.0. The van der Waals surface area contributed by atoms with Crippen molar-refractivity contribution in [1.29, 1.82) is 0 Å². The van der Waals surface area contributed by atoms with Crippen LogP contribution in [0.2, 0.25) is 0 Å². The second-order valence-corrected chi connectivity index (χ2v) is 3.43. The molecule has 1 N–H and O–H groups in total. The molecule has 0 saturated carbocycles. The van der Waals surface area contributed by atoms with Crippen LogP contribution in [-0.2, 0) is 0 Å². The van der Waals surface area contributed by atoms with Gasteiger partial charge in [0.25, 0.3) is 0 Å². The molecule has 18 heavy (non-hydrogen) atoms. The average molecular weight is 248 g/mol. The summed E-state index contributed by atoms with van der Waals surface area (Å²) < 4.78 is 17.7. The van der Waals surface area contributed by atoms with Crippen LogP contribution in [0.4, 0.5) is 4.39 Å². The summed E-state index contributed by atoms with van der Waals surface area (Å²) in [7, 11) is 1.38. The lowest BCUT2D eigenvalue weighted by molar-refractivity contribution is 0.0690. The molecule has 1 aromatic carbocycles. The molecule has 0 aliphatic heterocycles. The Morgan fingerprint density at radius 1 is 1.28 bits per heavy atom. The highest BCUT2D eigenvalue weighted by Crippen LogP contribution is 2.19. The second kappa shape index (κ2) is 4.79. The van der Waals surface area contributed by atoms with Gasteiger partial charge in [-0.15, -0.1) is 0 Å². The van der Waals surface area contributed by atoms with Crippen molar-refractivity contribution in [2.45, 2.75) is 0 Å². The van der Waals surface area contributed by atoms with Gasteiger partial charge in [-0.25, -0.2) is 14.2 Å². The fourth-order valence-electron chi connectivity index (χ4n) is 1.37. The zero-order valence-corrected chi connectivity index (χ0v) is 9.42. The molecule has 0 unspecified atom stereocenters. The average Bonchev–Trinajstić information content (AvgIpc) is 2.39. The number of carbonyl (C=O) groups is 1. The van der Waals surface area contributed by atoms with Crippen LogP contribution in [0.25, 0.3) is 11.4 Å². The van der Waals surface area contributed by atoms with Crippen LogP contribution in [0.1, 0.15) is 10.5 Å². The van der Waals surface area contributed by atoms with Crippen molar-refractivity contribution in [3.05, 3.63) is 41.8 Å². The Kier molecular flexibility index (Phi) is 3.18. The first-order valence-corrected chi connectivity index (χ1v) is 5.02. The molecule has 1 aromatic heterocycles. The number of benzene rings is 1. The summed E-state index contributed by atoms with van der Waals surface area (Å²) in [4.78, 5) is 18.8. The van der Waals surface area contributed by atoms with E-state index in [4.69, 9.17) is 9.84 Å². The molecule has 2 rings (SSSR count). The first-order valence-electron chi connectivity index (χ1n) is 5.02. The zero-order chi connectivity index (χ0) is 13.1. The number of nitrogens with zero attached hydrogens (tertiary/aromatic N) is 2. The highest BCUT2D eigenvalue weighted by molar-refractivity contribution is 5.86. The molecule has 5 nitrogen and oxygen atoms in total. The van der Waals surface area contributed by atoms with Gasteiger partial charge in [0.15, 0.2) is 11.5 Å². The van der Waals surface area contributed by atoms with Crippen molar-refractivity contribution in [2.75, 3.05) is 7.11 Å². The van der Waals surface area contributed by atoms with Gasteiger partial charge in [-0.3, -0.25) is 0 Å². The number of ether oxygens (including phenoxy) is 1. The van der Waals surface area contributed by atoms with E-state index >= 15 is 0 Å². The van der Waals surface area contributed by atoms with Crippen LogP contribution in [0.5, 0.6) is 5.88 Å². The normalized spacial score (nSPS) is 10.1. The van der Waals surface area contributed by atoms with Gasteiger partial charge in [0.05, 0.1) is 7.11 Å². The van der Waals surface area contributed by atoms with Crippen LogP contribution in [0.15, 0.2) is 30.3 Å². The van der Waals surface area contributed by atoms with Crippen molar-refractivity contribution in [1.82, 2.24) is 9.97 Å². The fourth-order valence-corrected chi connectivity index (χ4v) is 1.37. The third kappa shape index (κ3) is 2.42. The molecule has 0 fully saturated rings. The van der Waals surface area contributed by atoms with E-state index in [-0.39, 0.29) is 23.2 Å². The van der Waals surface area contributed by atoms with E-state index in [1.54, 1.807) is 0 Å². The molecular weight excluding hydrogens is 239 g/mol. The summed E-state index contributed by atoms with van der Waals surface area (Å²) in [5.74, 6) is -1.26. The molecular formula is C12H9FN2O3. The van der Waals surface area contributed by atoms with Crippen molar-refractivity contribution in [2.24, 2.45) is 0 Å². The lowest BCUT2D eigenvalue weighted by atomic mass is 10.2. The van der Waals surface area contributed by atoms with Gasteiger partial charge in [-0.05, 0) is 24.3 Å². The Morgan fingerprint density at radius 2 is 1.94 bits per heavy atom. The number of carboxylic acids is 1. The molecule has 0 saturated heterocycles. The van der Waals surface area contributed by atoms with Gasteiger partial charge < -0.3 is 9.84 Å². The predicted molar refractivity (Wildman–Crippen MR) is 60.9 cm³/mol. The maximum atomic E-state index is 12.8. The van der Waals surface area contributed by atoms with Gasteiger partial charge >= 0.3 is 5.97 Å². The maximum Gasteiger partial charge on any atom is 0.354 e. The molecule has 0 bridgehead atoms. The van der Waals surface area contributed by atoms with E-state index in [0.29, 0.717) is 5.56 Å². The highest BCUT2D eigenvalue weighted by Gasteiger charge is 2.12. The highest BCUT2D eigenvalue weighted by atomic mass is 19.1. The lowest BCUT2D eigenvalue weighted by Crippen LogP contribution is -2.04. The minimum atomic E-state index is -1.18. The number of hydrogen-bond acceptors (Lipinski definition) is 4. The zero-order valence-electron chi connectivity index (χ0n) is 9.42. The third-order valence-electron chi connectivity index (χ3n) is 2.23. The van der Waals surface area contributed by atoms with Crippen molar-refractivity contribution >= 4 is 5.97 Å². The van der Waals surface area contributed by atoms with E-state index in [2.05, 4.69) is 9.97 Å². The Bertz CT molecular complexity index is 584. The Hall–Kier alpha value is -2.50. The van der Waals surface area contributed by atoms with E-state index in [0.717, 1.165) is 0 Å². The van der Waals surface area contributed by atoms with Crippen molar-refractivity contribution < 1.29 is 19.0 Å². The molecule has 0 aliphatic rings. The van der Waals surface area contributed by atoms with Gasteiger partial charge in [0.1, 0.15) is 5.82 Å². The standard InChI is InChI=1S/C12H9FN2O3/c1-18-10-6-9(12(16)17)14-11(15-10)7-2-4-8(13)5-3-7/h2-6H,1H3,(H,16,17). The molecule has 92 valence electrons. The van der Waals surface area contributed by atoms with Crippen molar-refractivity contribution in [3.8, 4) is 17.3 Å². The Morgan fingerprint density at radius 3 is 2.50 bits per heavy atom. The monoisotopic (exact) mass is 248 g/mol. The van der Waals surface area contributed by atoms with Gasteiger partial charge in [-0.2, -0.15) is 4.98 Å². The molecule has 1 heterocycles. The number of carboxylic acid groups (broad SMARTS) is 1. The van der Waals surface area contributed by atoms with Crippen LogP contribution in [0.3, 0.4) is 0 Å². The molecule has 0 amide bonds. The second-order valence-electron chi connectivity index (χ2n) is 3.43. The lowest BCUT2D eigenvalue weighted by Gasteiger charge is -2.05. The quantitative estimate of drug-likeness (QED) is 0.899. The number of hydrogen-bond donors (Lipinski definition) is 1. The third-order valence-corrected chi connectivity index (χ3v) is 2.23. The molecule has 0 atom stereocenters. The van der Waals surface area contributed by atoms with E-state index in [9.17, 15) is 9.18 Å². The summed E-state index contributed by atoms with van der Waals surface area (Å²) in [5.41, 5.74) is 0.332. The smallest absolute Gasteiger partial charge is 0.354 e. The van der Waals surface area contributed by atoms with E-state index in [1.165, 1.54) is 37.4 Å². The van der Waals surface area contributed by atoms with Gasteiger partial charge in [-0.1, -0.05) is 0 Å².